The second-order valence-corrected chi connectivity index (χ2v) is 6.76. The van der Waals surface area contributed by atoms with E-state index in [1.165, 1.54) is 0 Å². The number of alkyl halides is 17. The number of hydrogen-bond donors (Lipinski definition) is 0. The molecule has 218 valence electrons. The Morgan fingerprint density at radius 1 is 0.595 bits per heavy atom. The maximum absolute atomic E-state index is 13.5. The first kappa shape index (κ1) is 34.5. The number of carbonyl (C=O) groups excluding carboxylic acids is 2. The van der Waals surface area contributed by atoms with E-state index in [1.807, 2.05) is 0 Å². The molecule has 0 radical (unpaired) electrons. The van der Waals surface area contributed by atoms with Crippen LogP contribution in [0.15, 0.2) is 12.7 Å². The Morgan fingerprint density at radius 3 is 1.35 bits per heavy atom. The number of carbonyl (C=O) groups is 2. The van der Waals surface area contributed by atoms with Crippen molar-refractivity contribution in [3.63, 3.8) is 0 Å². The van der Waals surface area contributed by atoms with Crippen LogP contribution in [0.5, 0.6) is 0 Å². The minimum Gasteiger partial charge on any atom is -0.463 e. The van der Waals surface area contributed by atoms with Gasteiger partial charge in [-0.3, -0.25) is 4.79 Å². The third-order valence-electron chi connectivity index (χ3n) is 4.12. The van der Waals surface area contributed by atoms with Crippen molar-refractivity contribution in [2.75, 3.05) is 6.61 Å². The van der Waals surface area contributed by atoms with E-state index in [0.29, 0.717) is 6.08 Å². The Labute approximate surface area is 193 Å². The van der Waals surface area contributed by atoms with Crippen LogP contribution >= 0.6 is 0 Å². The van der Waals surface area contributed by atoms with E-state index in [4.69, 9.17) is 0 Å². The van der Waals surface area contributed by atoms with E-state index >= 15 is 0 Å². The maximum atomic E-state index is 13.5. The second-order valence-electron chi connectivity index (χ2n) is 6.76. The summed E-state index contributed by atoms with van der Waals surface area (Å²) in [6.45, 7) is 2.38. The Hall–Kier alpha value is -2.51. The highest BCUT2D eigenvalue weighted by Gasteiger charge is 2.95. The van der Waals surface area contributed by atoms with E-state index in [1.54, 1.807) is 0 Å². The van der Waals surface area contributed by atoms with Crippen LogP contribution in [-0.4, -0.2) is 66.4 Å². The summed E-state index contributed by atoms with van der Waals surface area (Å²) in [5, 5.41) is 0. The highest BCUT2D eigenvalue weighted by atomic mass is 19.4. The molecular weight excluding hydrogens is 579 g/mol. The quantitative estimate of drug-likeness (QED) is 0.108. The fourth-order valence-electron chi connectivity index (χ4n) is 2.01. The van der Waals surface area contributed by atoms with Gasteiger partial charge in [-0.2, -0.15) is 74.6 Å². The number of halogens is 17. The van der Waals surface area contributed by atoms with E-state index < -0.39 is 85.6 Å². The van der Waals surface area contributed by atoms with Gasteiger partial charge in [0.15, 0.2) is 0 Å². The minimum absolute atomic E-state index is 0.431. The molecule has 0 amide bonds. The van der Waals surface area contributed by atoms with E-state index in [2.05, 4.69) is 16.1 Å². The van der Waals surface area contributed by atoms with Gasteiger partial charge in [0.25, 0.3) is 0 Å². The van der Waals surface area contributed by atoms with Crippen LogP contribution in [0.4, 0.5) is 74.6 Å². The molecule has 0 aromatic rings. The molecule has 0 aromatic carbocycles. The Kier molecular flexibility index (Phi) is 9.63. The molecule has 0 aliphatic rings. The molecule has 0 spiro atoms. The van der Waals surface area contributed by atoms with Crippen molar-refractivity contribution in [2.45, 2.75) is 67.1 Å². The van der Waals surface area contributed by atoms with E-state index in [-0.39, 0.29) is 0 Å². The van der Waals surface area contributed by atoms with Crippen molar-refractivity contribution in [3.05, 3.63) is 12.7 Å². The average molecular weight is 590 g/mol. The van der Waals surface area contributed by atoms with Crippen LogP contribution in [0, 0.1) is 0 Å². The summed E-state index contributed by atoms with van der Waals surface area (Å²) in [5.74, 6) is -54.7. The first-order valence-corrected chi connectivity index (χ1v) is 8.82. The Morgan fingerprint density at radius 2 is 0.973 bits per heavy atom. The van der Waals surface area contributed by atoms with Crippen LogP contribution in [0.1, 0.15) is 19.3 Å². The molecule has 0 unspecified atom stereocenters. The van der Waals surface area contributed by atoms with Crippen LogP contribution in [0.2, 0.25) is 0 Å². The van der Waals surface area contributed by atoms with Crippen molar-refractivity contribution < 1.29 is 93.7 Å². The number of rotatable bonds is 13. The third-order valence-corrected chi connectivity index (χ3v) is 4.12. The standard InChI is InChI=1S/C16H11F17O4/c1-2-7(34)36-6-4-3-5-8(35)37-16(32,33)14(27,28)12(23,24)10(19,20)9(17,18)11(21,22)13(25,26)15(29,30)31/h2H,1,3-6H2. The minimum atomic E-state index is -8.77. The van der Waals surface area contributed by atoms with Crippen LogP contribution in [0.3, 0.4) is 0 Å². The molecule has 0 aromatic heterocycles. The van der Waals surface area contributed by atoms with Gasteiger partial charge in [0.1, 0.15) is 0 Å². The number of esters is 2. The van der Waals surface area contributed by atoms with Gasteiger partial charge in [-0.1, -0.05) is 6.58 Å². The topological polar surface area (TPSA) is 52.6 Å². The predicted octanol–water partition coefficient (Wildman–Crippen LogP) is 6.40. The van der Waals surface area contributed by atoms with Crippen LogP contribution < -0.4 is 0 Å². The molecule has 0 fully saturated rings. The lowest BCUT2D eigenvalue weighted by atomic mass is 9.90. The monoisotopic (exact) mass is 590 g/mol. The second kappa shape index (κ2) is 10.3. The molecule has 21 heteroatoms. The Balaban J connectivity index is 6.00. The summed E-state index contributed by atoms with van der Waals surface area (Å²) in [4.78, 5) is 21.8. The summed E-state index contributed by atoms with van der Waals surface area (Å²) in [7, 11) is 0. The van der Waals surface area contributed by atoms with Gasteiger partial charge < -0.3 is 9.47 Å². The molecule has 0 aliphatic heterocycles. The molecule has 0 atom stereocenters. The van der Waals surface area contributed by atoms with Gasteiger partial charge in [-0.15, -0.1) is 0 Å². The largest absolute Gasteiger partial charge is 0.473 e. The molecular formula is C16H11F17O4. The highest BCUT2D eigenvalue weighted by molar-refractivity contribution is 5.81. The van der Waals surface area contributed by atoms with Gasteiger partial charge >= 0.3 is 59.8 Å². The maximum Gasteiger partial charge on any atom is 0.473 e. The normalized spacial score (nSPS) is 14.8. The first-order chi connectivity index (χ1) is 16.1. The van der Waals surface area contributed by atoms with Gasteiger partial charge in [0, 0.05) is 12.5 Å². The molecule has 0 heterocycles. The number of ether oxygens (including phenoxy) is 2. The first-order valence-electron chi connectivity index (χ1n) is 8.82. The molecule has 0 saturated carbocycles. The van der Waals surface area contributed by atoms with E-state index in [0.717, 1.165) is 0 Å². The zero-order valence-electron chi connectivity index (χ0n) is 17.2. The SMILES string of the molecule is C=CC(=O)OCCCCC(=O)OC(F)(F)C(F)(F)C(F)(F)C(F)(F)C(F)(F)C(F)(F)C(F)(F)C(F)(F)F. The third kappa shape index (κ3) is 5.83. The highest BCUT2D eigenvalue weighted by Crippen LogP contribution is 2.64. The van der Waals surface area contributed by atoms with Crippen molar-refractivity contribution in [1.29, 1.82) is 0 Å². The van der Waals surface area contributed by atoms with Gasteiger partial charge in [-0.05, 0) is 12.8 Å². The molecule has 0 N–H and O–H groups in total. The summed E-state index contributed by atoms with van der Waals surface area (Å²) >= 11 is 0. The van der Waals surface area contributed by atoms with Crippen LogP contribution in [-0.2, 0) is 19.1 Å². The fraction of sp³-hybridized carbons (Fsp3) is 0.750. The van der Waals surface area contributed by atoms with Crippen molar-refractivity contribution in [1.82, 2.24) is 0 Å². The zero-order chi connectivity index (χ0) is 30.1. The lowest BCUT2D eigenvalue weighted by Gasteiger charge is -2.42. The van der Waals surface area contributed by atoms with E-state index in [9.17, 15) is 84.2 Å². The van der Waals surface area contributed by atoms with Crippen LogP contribution in [0.25, 0.3) is 0 Å². The lowest BCUT2D eigenvalue weighted by Crippen LogP contribution is -2.74. The average Bonchev–Trinajstić information content (AvgIpc) is 2.71. The lowest BCUT2D eigenvalue weighted by molar-refractivity contribution is -0.474. The van der Waals surface area contributed by atoms with Crippen molar-refractivity contribution in [2.24, 2.45) is 0 Å². The molecule has 4 nitrogen and oxygen atoms in total. The van der Waals surface area contributed by atoms with Gasteiger partial charge in [-0.25, -0.2) is 4.79 Å². The fourth-order valence-corrected chi connectivity index (χ4v) is 2.01. The molecule has 37 heavy (non-hydrogen) atoms. The predicted molar refractivity (Wildman–Crippen MR) is 81.8 cm³/mol. The molecule has 0 saturated heterocycles. The zero-order valence-corrected chi connectivity index (χ0v) is 17.2. The van der Waals surface area contributed by atoms with Gasteiger partial charge in [0.2, 0.25) is 0 Å². The molecule has 0 bridgehead atoms. The smallest absolute Gasteiger partial charge is 0.463 e. The summed E-state index contributed by atoms with van der Waals surface area (Å²) in [5.41, 5.74) is 0. The number of unbranched alkanes of at least 4 members (excludes halogenated alkanes) is 1. The molecule has 0 aliphatic carbocycles. The summed E-state index contributed by atoms with van der Waals surface area (Å²) in [6.07, 6.45) is -17.0. The summed E-state index contributed by atoms with van der Waals surface area (Å²) < 4.78 is 229. The van der Waals surface area contributed by atoms with Crippen molar-refractivity contribution in [3.8, 4) is 0 Å². The Bertz CT molecular complexity index is 847. The molecule has 0 rings (SSSR count). The number of hydrogen-bond acceptors (Lipinski definition) is 4. The van der Waals surface area contributed by atoms with Crippen molar-refractivity contribution >= 4 is 11.9 Å². The van der Waals surface area contributed by atoms with Gasteiger partial charge in [0.05, 0.1) is 6.61 Å². The summed E-state index contributed by atoms with van der Waals surface area (Å²) in [6, 6.07) is 0.